The molecule has 2 aromatic carbocycles. The van der Waals surface area contributed by atoms with Crippen molar-refractivity contribution in [3.05, 3.63) is 70.5 Å². The first-order valence-electron chi connectivity index (χ1n) is 11.7. The van der Waals surface area contributed by atoms with Crippen molar-refractivity contribution in [1.82, 2.24) is 19.7 Å². The van der Waals surface area contributed by atoms with Crippen LogP contribution in [0.25, 0.3) is 0 Å². The largest absolute Gasteiger partial charge is 0.328 e. The summed E-state index contributed by atoms with van der Waals surface area (Å²) < 4.78 is 2.03. The van der Waals surface area contributed by atoms with E-state index in [1.54, 1.807) is 0 Å². The molecule has 0 aliphatic carbocycles. The quantitative estimate of drug-likeness (QED) is 0.488. The molecular formula is C26H31N5O2S. The Kier molecular flexibility index (Phi) is 7.36. The molecule has 0 bridgehead atoms. The molecule has 3 aromatic rings. The zero-order valence-electron chi connectivity index (χ0n) is 20.2. The second-order valence-corrected chi connectivity index (χ2v) is 9.64. The standard InChI is InChI=1S/C26H31N5O2S/c1-5-30-24(22-13-8-14-31(22)25(33)20-11-6-9-17(2)15-20)28-29-26(30)34-16-23(32)27-21-12-7-10-18(3)19(21)4/h6-7,9-12,15,22H,5,8,13-14,16H2,1-4H3,(H,27,32). The topological polar surface area (TPSA) is 80.1 Å². The van der Waals surface area contributed by atoms with Crippen LogP contribution in [0.5, 0.6) is 0 Å². The van der Waals surface area contributed by atoms with E-state index in [4.69, 9.17) is 0 Å². The lowest BCUT2D eigenvalue weighted by Crippen LogP contribution is -2.32. The van der Waals surface area contributed by atoms with E-state index in [0.717, 1.165) is 41.0 Å². The van der Waals surface area contributed by atoms with Gasteiger partial charge in [0.25, 0.3) is 5.91 Å². The molecule has 1 N–H and O–H groups in total. The monoisotopic (exact) mass is 477 g/mol. The fraction of sp³-hybridized carbons (Fsp3) is 0.385. The molecule has 0 saturated carbocycles. The third kappa shape index (κ3) is 5.01. The molecule has 2 amide bonds. The lowest BCUT2D eigenvalue weighted by molar-refractivity contribution is -0.113. The number of carbonyl (C=O) groups excluding carboxylic acids is 2. The SMILES string of the molecule is CCn1c(SCC(=O)Nc2cccc(C)c2C)nnc1C1CCCN1C(=O)c1cccc(C)c1. The highest BCUT2D eigenvalue weighted by atomic mass is 32.2. The van der Waals surface area contributed by atoms with Gasteiger partial charge >= 0.3 is 0 Å². The Morgan fingerprint density at radius 3 is 2.68 bits per heavy atom. The number of benzene rings is 2. The van der Waals surface area contributed by atoms with Crippen molar-refractivity contribution >= 4 is 29.3 Å². The van der Waals surface area contributed by atoms with Gasteiger partial charge in [-0.15, -0.1) is 10.2 Å². The first kappa shape index (κ1) is 24.0. The minimum atomic E-state index is -0.112. The third-order valence-electron chi connectivity index (χ3n) is 6.35. The second kappa shape index (κ2) is 10.4. The summed E-state index contributed by atoms with van der Waals surface area (Å²) in [6, 6.07) is 13.5. The number of hydrogen-bond acceptors (Lipinski definition) is 5. The molecule has 1 atom stereocenters. The van der Waals surface area contributed by atoms with E-state index < -0.39 is 0 Å². The third-order valence-corrected chi connectivity index (χ3v) is 7.32. The smallest absolute Gasteiger partial charge is 0.254 e. The minimum absolute atomic E-state index is 0.0268. The van der Waals surface area contributed by atoms with Gasteiger partial charge in [-0.1, -0.05) is 41.6 Å². The number of thioether (sulfide) groups is 1. The number of amides is 2. The summed E-state index contributed by atoms with van der Waals surface area (Å²) in [5, 5.41) is 12.5. The van der Waals surface area contributed by atoms with E-state index in [9.17, 15) is 9.59 Å². The molecule has 1 aliphatic rings. The molecule has 7 nitrogen and oxygen atoms in total. The predicted octanol–water partition coefficient (Wildman–Crippen LogP) is 4.93. The van der Waals surface area contributed by atoms with Gasteiger partial charge in [0.2, 0.25) is 5.91 Å². The maximum Gasteiger partial charge on any atom is 0.254 e. The lowest BCUT2D eigenvalue weighted by Gasteiger charge is -2.24. The molecule has 34 heavy (non-hydrogen) atoms. The number of rotatable bonds is 7. The van der Waals surface area contributed by atoms with Crippen molar-refractivity contribution in [2.24, 2.45) is 0 Å². The van der Waals surface area contributed by atoms with Gasteiger partial charge in [0.1, 0.15) is 0 Å². The molecule has 1 unspecified atom stereocenters. The summed E-state index contributed by atoms with van der Waals surface area (Å²) in [5.41, 5.74) is 4.81. The summed E-state index contributed by atoms with van der Waals surface area (Å²) >= 11 is 1.37. The highest BCUT2D eigenvalue weighted by Gasteiger charge is 2.34. The average molecular weight is 478 g/mol. The molecule has 1 aromatic heterocycles. The molecule has 0 radical (unpaired) electrons. The van der Waals surface area contributed by atoms with Crippen molar-refractivity contribution in [2.45, 2.75) is 58.3 Å². The van der Waals surface area contributed by atoms with Crippen LogP contribution in [0.4, 0.5) is 5.69 Å². The molecule has 178 valence electrons. The van der Waals surface area contributed by atoms with Crippen LogP contribution < -0.4 is 5.32 Å². The van der Waals surface area contributed by atoms with E-state index in [2.05, 4.69) is 15.5 Å². The van der Waals surface area contributed by atoms with E-state index in [1.807, 2.05) is 79.6 Å². The van der Waals surface area contributed by atoms with Crippen LogP contribution in [0.3, 0.4) is 0 Å². The zero-order chi connectivity index (χ0) is 24.2. The molecule has 4 rings (SSSR count). The van der Waals surface area contributed by atoms with Crippen LogP contribution in [0.1, 0.15) is 58.7 Å². The van der Waals surface area contributed by atoms with Gasteiger partial charge in [0.05, 0.1) is 11.8 Å². The van der Waals surface area contributed by atoms with Crippen molar-refractivity contribution in [3.8, 4) is 0 Å². The van der Waals surface area contributed by atoms with Crippen molar-refractivity contribution in [1.29, 1.82) is 0 Å². The molecule has 2 heterocycles. The van der Waals surface area contributed by atoms with Crippen LogP contribution in [0.15, 0.2) is 47.6 Å². The van der Waals surface area contributed by atoms with Crippen molar-refractivity contribution in [3.63, 3.8) is 0 Å². The van der Waals surface area contributed by atoms with Crippen LogP contribution in [0.2, 0.25) is 0 Å². The van der Waals surface area contributed by atoms with Crippen LogP contribution in [0, 0.1) is 20.8 Å². The number of carbonyl (C=O) groups is 2. The fourth-order valence-corrected chi connectivity index (χ4v) is 5.18. The van der Waals surface area contributed by atoms with Gasteiger partial charge < -0.3 is 14.8 Å². The Hall–Kier alpha value is -3.13. The normalized spacial score (nSPS) is 15.5. The van der Waals surface area contributed by atoms with Gasteiger partial charge in [-0.2, -0.15) is 0 Å². The Labute approximate surface area is 205 Å². The lowest BCUT2D eigenvalue weighted by atomic mass is 10.1. The summed E-state index contributed by atoms with van der Waals surface area (Å²) in [7, 11) is 0. The first-order chi connectivity index (χ1) is 16.4. The average Bonchev–Trinajstić information content (AvgIpc) is 3.46. The summed E-state index contributed by atoms with van der Waals surface area (Å²) in [6.45, 7) is 9.44. The number of hydrogen-bond donors (Lipinski definition) is 1. The fourth-order valence-electron chi connectivity index (χ4n) is 4.38. The number of nitrogens with zero attached hydrogens (tertiary/aromatic N) is 4. The highest BCUT2D eigenvalue weighted by molar-refractivity contribution is 7.99. The van der Waals surface area contributed by atoms with Crippen molar-refractivity contribution in [2.75, 3.05) is 17.6 Å². The Morgan fingerprint density at radius 2 is 1.91 bits per heavy atom. The second-order valence-electron chi connectivity index (χ2n) is 8.70. The number of likely N-dealkylation sites (tertiary alicyclic amines) is 1. The maximum absolute atomic E-state index is 13.2. The van der Waals surface area contributed by atoms with Gasteiger partial charge in [-0.3, -0.25) is 9.59 Å². The minimum Gasteiger partial charge on any atom is -0.328 e. The maximum atomic E-state index is 13.2. The number of anilines is 1. The van der Waals surface area contributed by atoms with Crippen LogP contribution >= 0.6 is 11.8 Å². The first-order valence-corrected chi connectivity index (χ1v) is 12.7. The number of nitrogens with one attached hydrogen (secondary N) is 1. The Balaban J connectivity index is 1.47. The summed E-state index contributed by atoms with van der Waals surface area (Å²) in [5.74, 6) is 0.975. The number of aryl methyl sites for hydroxylation is 2. The van der Waals surface area contributed by atoms with Crippen LogP contribution in [-0.4, -0.2) is 43.8 Å². The molecule has 0 spiro atoms. The summed E-state index contributed by atoms with van der Waals surface area (Å²) in [4.78, 5) is 27.7. The molecule has 8 heteroatoms. The van der Waals surface area contributed by atoms with E-state index in [-0.39, 0.29) is 23.6 Å². The van der Waals surface area contributed by atoms with Crippen LogP contribution in [-0.2, 0) is 11.3 Å². The predicted molar refractivity (Wildman–Crippen MR) is 135 cm³/mol. The molecular weight excluding hydrogens is 446 g/mol. The summed E-state index contributed by atoms with van der Waals surface area (Å²) in [6.07, 6.45) is 1.78. The zero-order valence-corrected chi connectivity index (χ0v) is 21.0. The van der Waals surface area contributed by atoms with Gasteiger partial charge in [0.15, 0.2) is 11.0 Å². The Morgan fingerprint density at radius 1 is 1.12 bits per heavy atom. The van der Waals surface area contributed by atoms with E-state index >= 15 is 0 Å². The van der Waals surface area contributed by atoms with Gasteiger partial charge in [-0.05, 0) is 69.9 Å². The van der Waals surface area contributed by atoms with Gasteiger partial charge in [0, 0.05) is 24.3 Å². The van der Waals surface area contributed by atoms with E-state index in [0.29, 0.717) is 23.8 Å². The molecule has 1 aliphatic heterocycles. The van der Waals surface area contributed by atoms with Gasteiger partial charge in [-0.25, -0.2) is 0 Å². The van der Waals surface area contributed by atoms with E-state index in [1.165, 1.54) is 11.8 Å². The Bertz CT molecular complexity index is 1210. The highest BCUT2D eigenvalue weighted by Crippen LogP contribution is 2.34. The number of aromatic nitrogens is 3. The molecule has 1 fully saturated rings. The van der Waals surface area contributed by atoms with Crippen molar-refractivity contribution < 1.29 is 9.59 Å². The molecule has 1 saturated heterocycles.